The average molecular weight is 393 g/mol. The molecule has 1 aliphatic heterocycles. The van der Waals surface area contributed by atoms with E-state index in [-0.39, 0.29) is 34.0 Å². The number of hydrogen-bond donors (Lipinski definition) is 3. The Balaban J connectivity index is 1.72. The summed E-state index contributed by atoms with van der Waals surface area (Å²) in [5.41, 5.74) is -0.269. The second-order valence-electron chi connectivity index (χ2n) is 6.49. The molecule has 3 N–H and O–H groups in total. The van der Waals surface area contributed by atoms with Crippen molar-refractivity contribution < 1.29 is 33.0 Å². The Hall–Kier alpha value is -2.81. The lowest BCUT2D eigenvalue weighted by Gasteiger charge is -2.17. The number of fused-ring (bicyclic) bond motifs is 1. The summed E-state index contributed by atoms with van der Waals surface area (Å²) in [7, 11) is -3.15. The first-order valence-corrected chi connectivity index (χ1v) is 10.2. The number of phenolic OH excluding ortho intramolecular Hbond substituents is 2. The van der Waals surface area contributed by atoms with Crippen molar-refractivity contribution in [1.82, 2.24) is 5.32 Å². The fraction of sp³-hybridized carbons (Fsp3) is 0.333. The van der Waals surface area contributed by atoms with Crippen molar-refractivity contribution in [3.05, 3.63) is 35.9 Å². The predicted molar refractivity (Wildman–Crippen MR) is 97.4 cm³/mol. The van der Waals surface area contributed by atoms with Gasteiger partial charge in [0.25, 0.3) is 5.91 Å². The lowest BCUT2D eigenvalue weighted by atomic mass is 10.0. The zero-order valence-electron chi connectivity index (χ0n) is 14.5. The van der Waals surface area contributed by atoms with E-state index < -0.39 is 33.9 Å². The van der Waals surface area contributed by atoms with E-state index >= 15 is 0 Å². The summed E-state index contributed by atoms with van der Waals surface area (Å²) in [6.07, 6.45) is -0.887. The number of carbonyl (C=O) groups excluding carboxylic acids is 2. The molecule has 1 saturated heterocycles. The summed E-state index contributed by atoms with van der Waals surface area (Å²) >= 11 is 0. The van der Waals surface area contributed by atoms with Crippen LogP contribution in [-0.4, -0.2) is 54.2 Å². The Morgan fingerprint density at radius 3 is 2.52 bits per heavy atom. The largest absolute Gasteiger partial charge is 0.507 e. The average Bonchev–Trinajstić information content (AvgIpc) is 2.96. The highest BCUT2D eigenvalue weighted by molar-refractivity contribution is 7.91. The van der Waals surface area contributed by atoms with E-state index in [0.717, 1.165) is 6.07 Å². The van der Waals surface area contributed by atoms with Gasteiger partial charge < -0.3 is 20.3 Å². The molecule has 1 aliphatic rings. The molecule has 2 aromatic rings. The molecule has 0 aromatic heterocycles. The molecule has 2 aromatic carbocycles. The standard InChI is InChI=1S/C18H19NO7S/c1-10(17(22)19-11-6-7-27(24,25)9-11)26-18(23)14-8-15(20)12-4-2-3-5-13(12)16(14)21/h2-5,8,10-11,20-21H,6-7,9H2,1H3,(H,19,22)/t10-,11+/m1/s1. The lowest BCUT2D eigenvalue weighted by Crippen LogP contribution is -2.42. The van der Waals surface area contributed by atoms with E-state index in [4.69, 9.17) is 4.74 Å². The molecular formula is C18H19NO7S. The molecule has 3 rings (SSSR count). The van der Waals surface area contributed by atoms with Crippen molar-refractivity contribution in [2.45, 2.75) is 25.5 Å². The van der Waals surface area contributed by atoms with Crippen LogP contribution in [0.25, 0.3) is 10.8 Å². The molecule has 1 amide bonds. The van der Waals surface area contributed by atoms with E-state index in [0.29, 0.717) is 11.8 Å². The summed E-state index contributed by atoms with van der Waals surface area (Å²) in [5.74, 6) is -2.30. The van der Waals surface area contributed by atoms with Crippen LogP contribution in [0, 0.1) is 0 Å². The molecule has 0 unspecified atom stereocenters. The molecule has 1 heterocycles. The van der Waals surface area contributed by atoms with Crippen molar-refractivity contribution in [2.24, 2.45) is 0 Å². The van der Waals surface area contributed by atoms with Crippen molar-refractivity contribution in [2.75, 3.05) is 11.5 Å². The third-order valence-corrected chi connectivity index (χ3v) is 6.21. The maximum atomic E-state index is 12.3. The van der Waals surface area contributed by atoms with Crippen LogP contribution in [0.2, 0.25) is 0 Å². The van der Waals surface area contributed by atoms with Crippen LogP contribution in [0.3, 0.4) is 0 Å². The summed E-state index contributed by atoms with van der Waals surface area (Å²) in [4.78, 5) is 24.5. The van der Waals surface area contributed by atoms with Gasteiger partial charge in [0.05, 0.1) is 11.5 Å². The topological polar surface area (TPSA) is 130 Å². The van der Waals surface area contributed by atoms with Crippen molar-refractivity contribution in [3.8, 4) is 11.5 Å². The van der Waals surface area contributed by atoms with Gasteiger partial charge in [0.15, 0.2) is 15.9 Å². The second-order valence-corrected chi connectivity index (χ2v) is 8.72. The maximum absolute atomic E-state index is 12.3. The number of hydrogen-bond acceptors (Lipinski definition) is 7. The highest BCUT2D eigenvalue weighted by Crippen LogP contribution is 2.35. The summed E-state index contributed by atoms with van der Waals surface area (Å²) in [6.45, 7) is 1.34. The van der Waals surface area contributed by atoms with Gasteiger partial charge >= 0.3 is 5.97 Å². The number of phenols is 2. The molecule has 144 valence electrons. The summed E-state index contributed by atoms with van der Waals surface area (Å²) in [5, 5.41) is 23.5. The zero-order valence-corrected chi connectivity index (χ0v) is 15.3. The van der Waals surface area contributed by atoms with Gasteiger partial charge in [0.1, 0.15) is 17.1 Å². The Kier molecular flexibility index (Phi) is 4.97. The fourth-order valence-electron chi connectivity index (χ4n) is 3.00. The minimum Gasteiger partial charge on any atom is -0.507 e. The highest BCUT2D eigenvalue weighted by atomic mass is 32.2. The minimum atomic E-state index is -3.15. The molecule has 1 fully saturated rings. The van der Waals surface area contributed by atoms with Crippen LogP contribution in [0.5, 0.6) is 11.5 Å². The number of nitrogens with one attached hydrogen (secondary N) is 1. The summed E-state index contributed by atoms with van der Waals surface area (Å²) in [6, 6.07) is 7.01. The van der Waals surface area contributed by atoms with E-state index in [1.54, 1.807) is 18.2 Å². The van der Waals surface area contributed by atoms with Gasteiger partial charge in [-0.3, -0.25) is 4.79 Å². The molecule has 8 nitrogen and oxygen atoms in total. The molecular weight excluding hydrogens is 374 g/mol. The molecule has 9 heteroatoms. The van der Waals surface area contributed by atoms with Gasteiger partial charge in [-0.15, -0.1) is 0 Å². The Morgan fingerprint density at radius 2 is 1.89 bits per heavy atom. The third-order valence-electron chi connectivity index (χ3n) is 4.45. The number of ether oxygens (including phenoxy) is 1. The van der Waals surface area contributed by atoms with Crippen LogP contribution < -0.4 is 5.32 Å². The van der Waals surface area contributed by atoms with Gasteiger partial charge in [0.2, 0.25) is 0 Å². The SMILES string of the molecule is C[C@@H](OC(=O)c1cc(O)c2ccccc2c1O)C(=O)N[C@H]1CCS(=O)(=O)C1. The molecule has 0 saturated carbocycles. The van der Waals surface area contributed by atoms with E-state index in [2.05, 4.69) is 5.32 Å². The highest BCUT2D eigenvalue weighted by Gasteiger charge is 2.31. The first-order valence-electron chi connectivity index (χ1n) is 8.33. The summed E-state index contributed by atoms with van der Waals surface area (Å²) < 4.78 is 28.0. The van der Waals surface area contributed by atoms with Crippen LogP contribution in [-0.2, 0) is 19.4 Å². The monoisotopic (exact) mass is 393 g/mol. The smallest absolute Gasteiger partial charge is 0.342 e. The van der Waals surface area contributed by atoms with Crippen molar-refractivity contribution >= 4 is 32.5 Å². The number of benzene rings is 2. The molecule has 0 spiro atoms. The first kappa shape index (κ1) is 19.0. The Labute approximate surface area is 155 Å². The molecule has 0 aliphatic carbocycles. The predicted octanol–water partition coefficient (Wildman–Crippen LogP) is 1.10. The number of carbonyl (C=O) groups is 2. The number of sulfone groups is 1. The first-order chi connectivity index (χ1) is 12.7. The van der Waals surface area contributed by atoms with Crippen LogP contribution in [0.15, 0.2) is 30.3 Å². The van der Waals surface area contributed by atoms with Crippen LogP contribution >= 0.6 is 0 Å². The molecule has 27 heavy (non-hydrogen) atoms. The molecule has 0 bridgehead atoms. The fourth-order valence-corrected chi connectivity index (χ4v) is 4.67. The minimum absolute atomic E-state index is 0.0103. The van der Waals surface area contributed by atoms with E-state index in [1.165, 1.54) is 13.0 Å². The lowest BCUT2D eigenvalue weighted by molar-refractivity contribution is -0.129. The third kappa shape index (κ3) is 3.97. The van der Waals surface area contributed by atoms with Gasteiger partial charge in [-0.05, 0) is 19.4 Å². The Bertz CT molecular complexity index is 1020. The second kappa shape index (κ2) is 7.07. The van der Waals surface area contributed by atoms with Crippen LogP contribution in [0.1, 0.15) is 23.7 Å². The van der Waals surface area contributed by atoms with Gasteiger partial charge in [-0.1, -0.05) is 24.3 Å². The maximum Gasteiger partial charge on any atom is 0.342 e. The van der Waals surface area contributed by atoms with Gasteiger partial charge in [0, 0.05) is 16.8 Å². The molecule has 2 atom stereocenters. The normalized spacial score (nSPS) is 19.5. The van der Waals surface area contributed by atoms with E-state index in [1.807, 2.05) is 0 Å². The quantitative estimate of drug-likeness (QED) is 0.524. The van der Waals surface area contributed by atoms with Gasteiger partial charge in [-0.25, -0.2) is 13.2 Å². The number of amides is 1. The number of rotatable bonds is 4. The zero-order chi connectivity index (χ0) is 19.8. The Morgan fingerprint density at radius 1 is 1.22 bits per heavy atom. The number of esters is 1. The van der Waals surface area contributed by atoms with E-state index in [9.17, 15) is 28.2 Å². The number of aromatic hydroxyl groups is 2. The van der Waals surface area contributed by atoms with Crippen molar-refractivity contribution in [3.63, 3.8) is 0 Å². The van der Waals surface area contributed by atoms with Crippen molar-refractivity contribution in [1.29, 1.82) is 0 Å². The van der Waals surface area contributed by atoms with Gasteiger partial charge in [-0.2, -0.15) is 0 Å². The van der Waals surface area contributed by atoms with Crippen LogP contribution in [0.4, 0.5) is 0 Å². The molecule has 0 radical (unpaired) electrons.